The van der Waals surface area contributed by atoms with Crippen LogP contribution in [-0.2, 0) is 27.9 Å². The molecule has 6 aliphatic rings. The van der Waals surface area contributed by atoms with E-state index in [0.29, 0.717) is 25.2 Å². The van der Waals surface area contributed by atoms with Crippen LogP contribution in [-0.4, -0.2) is 57.1 Å². The second-order valence-corrected chi connectivity index (χ2v) is 13.2. The Balaban J connectivity index is 1.18. The average Bonchev–Trinajstić information content (AvgIpc) is 3.50. The fraction of sp³-hybridized carbons (Fsp3) is 0.548. The van der Waals surface area contributed by atoms with Crippen molar-refractivity contribution < 1.29 is 18.9 Å². The topological polar surface area (TPSA) is 40.2 Å². The third-order valence-corrected chi connectivity index (χ3v) is 12.1. The number of piperidine rings is 1. The third kappa shape index (κ3) is 2.66. The molecule has 0 amide bonds. The minimum absolute atomic E-state index is 0.00211. The lowest BCUT2D eigenvalue weighted by molar-refractivity contribution is -0.282. The van der Waals surface area contributed by atoms with Gasteiger partial charge in [-0.05, 0) is 74.8 Å². The van der Waals surface area contributed by atoms with Crippen LogP contribution < -0.4 is 9.47 Å². The molecule has 194 valence electrons. The summed E-state index contributed by atoms with van der Waals surface area (Å²) in [6.07, 6.45) is 5.58. The molecule has 3 heterocycles. The number of methoxy groups -OCH3 is 2. The molecule has 4 aliphatic carbocycles. The Morgan fingerprint density at radius 3 is 2.84 bits per heavy atom. The van der Waals surface area contributed by atoms with Crippen LogP contribution in [0.25, 0.3) is 10.1 Å². The van der Waals surface area contributed by atoms with Gasteiger partial charge in [-0.15, -0.1) is 11.3 Å². The minimum Gasteiger partial charge on any atom is -0.493 e. The van der Waals surface area contributed by atoms with Crippen molar-refractivity contribution in [2.24, 2.45) is 11.3 Å². The lowest BCUT2D eigenvalue weighted by Crippen LogP contribution is -2.81. The van der Waals surface area contributed by atoms with Gasteiger partial charge in [-0.25, -0.2) is 0 Å². The molecule has 6 heteroatoms. The van der Waals surface area contributed by atoms with Gasteiger partial charge in [-0.3, -0.25) is 0 Å². The van der Waals surface area contributed by atoms with Gasteiger partial charge in [0.15, 0.2) is 11.5 Å². The van der Waals surface area contributed by atoms with Gasteiger partial charge in [0, 0.05) is 45.0 Å². The number of fused-ring (bicyclic) bond motifs is 3. The van der Waals surface area contributed by atoms with Crippen LogP contribution in [0.15, 0.2) is 42.5 Å². The summed E-state index contributed by atoms with van der Waals surface area (Å²) in [6, 6.07) is 15.8. The van der Waals surface area contributed by atoms with Crippen LogP contribution in [0.3, 0.4) is 0 Å². The van der Waals surface area contributed by atoms with Gasteiger partial charge in [-0.2, -0.15) is 0 Å². The van der Waals surface area contributed by atoms with Crippen LogP contribution in [0.5, 0.6) is 11.5 Å². The monoisotopic (exact) mass is 517 g/mol. The summed E-state index contributed by atoms with van der Waals surface area (Å²) < 4.78 is 27.4. The fourth-order valence-electron chi connectivity index (χ4n) is 9.59. The quantitative estimate of drug-likeness (QED) is 0.428. The van der Waals surface area contributed by atoms with E-state index in [1.807, 2.05) is 18.4 Å². The van der Waals surface area contributed by atoms with Gasteiger partial charge >= 0.3 is 0 Å². The molecule has 0 unspecified atom stereocenters. The molecule has 2 aromatic carbocycles. The molecule has 37 heavy (non-hydrogen) atoms. The molecule has 9 rings (SSSR count). The van der Waals surface area contributed by atoms with E-state index in [0.717, 1.165) is 43.7 Å². The number of ether oxygens (including phenoxy) is 4. The second kappa shape index (κ2) is 7.72. The number of benzene rings is 2. The zero-order chi connectivity index (χ0) is 25.0. The summed E-state index contributed by atoms with van der Waals surface area (Å²) in [7, 11) is 6.02. The van der Waals surface area contributed by atoms with Gasteiger partial charge < -0.3 is 23.8 Å². The lowest BCUT2D eigenvalue weighted by Gasteiger charge is -2.73. The van der Waals surface area contributed by atoms with Gasteiger partial charge in [-0.1, -0.05) is 24.3 Å². The summed E-state index contributed by atoms with van der Waals surface area (Å²) in [5.41, 5.74) is 2.74. The SMILES string of the molecule is COc1ccc2c3c1O[C@H]1[C@@]4(OC)CC[C@@]5(C[C@H]4COCc4cc6ccccc6s4)[C@@H](C2)N(C)CC[C@]315. The summed E-state index contributed by atoms with van der Waals surface area (Å²) >= 11 is 1.84. The highest BCUT2D eigenvalue weighted by Crippen LogP contribution is 2.76. The maximum atomic E-state index is 7.07. The summed E-state index contributed by atoms with van der Waals surface area (Å²) in [4.78, 5) is 3.93. The molecule has 6 atom stereocenters. The van der Waals surface area contributed by atoms with Gasteiger partial charge in [0.25, 0.3) is 0 Å². The van der Waals surface area contributed by atoms with E-state index in [4.69, 9.17) is 18.9 Å². The van der Waals surface area contributed by atoms with E-state index in [9.17, 15) is 0 Å². The lowest BCUT2D eigenvalue weighted by atomic mass is 9.35. The predicted molar refractivity (Wildman–Crippen MR) is 145 cm³/mol. The Kier molecular flexibility index (Phi) is 4.76. The second-order valence-electron chi connectivity index (χ2n) is 12.0. The van der Waals surface area contributed by atoms with Gasteiger partial charge in [0.05, 0.1) is 20.3 Å². The Hall–Kier alpha value is -2.12. The van der Waals surface area contributed by atoms with E-state index < -0.39 is 0 Å². The molecule has 0 radical (unpaired) electrons. The first-order chi connectivity index (χ1) is 18.1. The number of rotatable bonds is 6. The number of hydrogen-bond acceptors (Lipinski definition) is 6. The van der Waals surface area contributed by atoms with E-state index >= 15 is 0 Å². The first-order valence-corrected chi connectivity index (χ1v) is 14.6. The Morgan fingerprint density at radius 1 is 1.11 bits per heavy atom. The minimum atomic E-state index is -0.346. The zero-order valence-corrected chi connectivity index (χ0v) is 22.7. The number of likely N-dealkylation sites (N-methyl/N-ethyl adjacent to an activating group) is 1. The molecule has 2 spiro atoms. The summed E-state index contributed by atoms with van der Waals surface area (Å²) in [6.45, 7) is 2.46. The van der Waals surface area contributed by atoms with Crippen LogP contribution in [0, 0.1) is 11.3 Å². The largest absolute Gasteiger partial charge is 0.493 e. The molecular formula is C31H35NO4S. The number of thiophene rings is 1. The first-order valence-electron chi connectivity index (χ1n) is 13.7. The van der Waals surface area contributed by atoms with Crippen molar-refractivity contribution in [3.8, 4) is 11.5 Å². The van der Waals surface area contributed by atoms with E-state index in [2.05, 4.69) is 54.4 Å². The van der Waals surface area contributed by atoms with Gasteiger partial charge in [0.1, 0.15) is 11.7 Å². The third-order valence-electron chi connectivity index (χ3n) is 11.0. The van der Waals surface area contributed by atoms with Crippen LogP contribution in [0.2, 0.25) is 0 Å². The molecule has 4 fully saturated rings. The van der Waals surface area contributed by atoms with Gasteiger partial charge in [0.2, 0.25) is 0 Å². The van der Waals surface area contributed by atoms with Crippen molar-refractivity contribution in [1.82, 2.24) is 4.90 Å². The molecule has 4 bridgehead atoms. The molecule has 5 nitrogen and oxygen atoms in total. The average molecular weight is 518 g/mol. The van der Waals surface area contributed by atoms with Crippen molar-refractivity contribution in [2.45, 2.75) is 61.9 Å². The smallest absolute Gasteiger partial charge is 0.165 e. The maximum Gasteiger partial charge on any atom is 0.165 e. The Bertz CT molecular complexity index is 1370. The number of hydrogen-bond donors (Lipinski definition) is 0. The van der Waals surface area contributed by atoms with E-state index in [1.54, 1.807) is 7.11 Å². The van der Waals surface area contributed by atoms with Crippen LogP contribution in [0.4, 0.5) is 0 Å². The number of nitrogens with zero attached hydrogens (tertiary/aromatic N) is 1. The normalized spacial score (nSPS) is 37.0. The molecule has 0 N–H and O–H groups in total. The van der Waals surface area contributed by atoms with Crippen LogP contribution >= 0.6 is 11.3 Å². The molecule has 1 saturated heterocycles. The number of likely N-dealkylation sites (tertiary alicyclic amines) is 1. The first kappa shape index (κ1) is 22.8. The Morgan fingerprint density at radius 2 is 2.00 bits per heavy atom. The molecule has 1 aromatic heterocycles. The maximum absolute atomic E-state index is 7.07. The predicted octanol–water partition coefficient (Wildman–Crippen LogP) is 5.57. The van der Waals surface area contributed by atoms with E-state index in [1.165, 1.54) is 32.5 Å². The van der Waals surface area contributed by atoms with Crippen molar-refractivity contribution in [2.75, 3.05) is 34.4 Å². The standard InChI is InChI=1S/C31H35NO4S/c1-32-13-12-30-26-20-8-9-23(33-2)27(26)36-28(30)31(34-3)11-10-29(30,25(32)15-20)16-21(31)17-35-18-22-14-19-6-4-5-7-24(19)37-22/h4-9,14,21,25,28H,10-13,15-18H2,1-3H3/t21-,25+,28+,29+,30-,31+/m0/s1. The molecule has 3 aromatic rings. The van der Waals surface area contributed by atoms with Crippen molar-refractivity contribution in [1.29, 1.82) is 0 Å². The highest BCUT2D eigenvalue weighted by molar-refractivity contribution is 7.19. The highest BCUT2D eigenvalue weighted by Gasteiger charge is 2.80. The fourth-order valence-corrected chi connectivity index (χ4v) is 10.6. The van der Waals surface area contributed by atoms with Crippen molar-refractivity contribution >= 4 is 21.4 Å². The van der Waals surface area contributed by atoms with E-state index in [-0.39, 0.29) is 22.5 Å². The summed E-state index contributed by atoms with van der Waals surface area (Å²) in [5, 5.41) is 1.30. The highest BCUT2D eigenvalue weighted by atomic mass is 32.1. The van der Waals surface area contributed by atoms with Crippen molar-refractivity contribution in [3.05, 3.63) is 58.5 Å². The summed E-state index contributed by atoms with van der Waals surface area (Å²) in [5.74, 6) is 2.17. The zero-order valence-electron chi connectivity index (χ0n) is 21.9. The molecular weight excluding hydrogens is 482 g/mol. The molecule has 2 aliphatic heterocycles. The van der Waals surface area contributed by atoms with Crippen LogP contribution in [0.1, 0.15) is 41.7 Å². The Labute approximate surface area is 222 Å². The van der Waals surface area contributed by atoms with Crippen molar-refractivity contribution in [3.63, 3.8) is 0 Å². The molecule has 3 saturated carbocycles.